The Morgan fingerprint density at radius 1 is 1.24 bits per heavy atom. The molecule has 2 heteroatoms. The van der Waals surface area contributed by atoms with E-state index >= 15 is 0 Å². The highest BCUT2D eigenvalue weighted by atomic mass is 16.3. The molecule has 116 valence electrons. The van der Waals surface area contributed by atoms with Crippen molar-refractivity contribution in [3.05, 3.63) is 12.2 Å². The number of ketones is 1. The van der Waals surface area contributed by atoms with Crippen LogP contribution in [0.2, 0.25) is 0 Å². The van der Waals surface area contributed by atoms with Gasteiger partial charge in [0.05, 0.1) is 12.0 Å². The highest BCUT2D eigenvalue weighted by molar-refractivity contribution is 5.90. The van der Waals surface area contributed by atoms with E-state index in [1.807, 2.05) is 0 Å². The van der Waals surface area contributed by atoms with Gasteiger partial charge in [-0.2, -0.15) is 0 Å². The predicted molar refractivity (Wildman–Crippen MR) is 82.6 cm³/mol. The first-order chi connectivity index (χ1) is 10.2. The highest BCUT2D eigenvalue weighted by Gasteiger charge is 2.63. The maximum absolute atomic E-state index is 13.4. The topological polar surface area (TPSA) is 37.3 Å². The van der Waals surface area contributed by atoms with Crippen LogP contribution in [0.5, 0.6) is 0 Å². The fourth-order valence-corrected chi connectivity index (χ4v) is 6.66. The highest BCUT2D eigenvalue weighted by Crippen LogP contribution is 2.63. The molecule has 2 nitrogen and oxygen atoms in total. The number of hydrogen-bond donors (Lipinski definition) is 1. The first kappa shape index (κ1) is 14.0. The van der Waals surface area contributed by atoms with Crippen molar-refractivity contribution in [2.24, 2.45) is 40.9 Å². The van der Waals surface area contributed by atoms with E-state index in [1.54, 1.807) is 0 Å². The van der Waals surface area contributed by atoms with Gasteiger partial charge in [0, 0.05) is 5.92 Å². The van der Waals surface area contributed by atoms with Crippen molar-refractivity contribution in [3.8, 4) is 0 Å². The summed E-state index contributed by atoms with van der Waals surface area (Å²) in [5.74, 6) is 3.58. The van der Waals surface area contributed by atoms with Crippen LogP contribution in [0.25, 0.3) is 0 Å². The standard InChI is InChI=1S/C19H28O2/c1-2-9-19(11-20)15-6-4-3-5-14(15)16-12-7-8-13(10-12)17(16)18(19)21/h7-8,12-17,20H,2-6,9-11H2,1H3/t12-,13+,14+,15?,16+,17+,19-/m0/s1. The molecule has 0 heterocycles. The molecule has 0 aromatic rings. The van der Waals surface area contributed by atoms with E-state index in [1.165, 1.54) is 32.1 Å². The van der Waals surface area contributed by atoms with E-state index in [0.29, 0.717) is 35.4 Å². The molecule has 3 saturated carbocycles. The average molecular weight is 288 g/mol. The van der Waals surface area contributed by atoms with Gasteiger partial charge >= 0.3 is 0 Å². The van der Waals surface area contributed by atoms with Crippen molar-refractivity contribution < 1.29 is 9.90 Å². The summed E-state index contributed by atoms with van der Waals surface area (Å²) in [4.78, 5) is 13.4. The van der Waals surface area contributed by atoms with Gasteiger partial charge in [-0.25, -0.2) is 0 Å². The van der Waals surface area contributed by atoms with Crippen molar-refractivity contribution in [2.45, 2.75) is 51.9 Å². The van der Waals surface area contributed by atoms with Crippen LogP contribution in [-0.2, 0) is 4.79 Å². The zero-order chi connectivity index (χ0) is 14.6. The third kappa shape index (κ3) is 1.72. The zero-order valence-electron chi connectivity index (χ0n) is 13.1. The molecule has 0 aromatic carbocycles. The van der Waals surface area contributed by atoms with Crippen LogP contribution in [0.4, 0.5) is 0 Å². The van der Waals surface area contributed by atoms with Gasteiger partial charge in [-0.1, -0.05) is 38.3 Å². The van der Waals surface area contributed by atoms with Crippen LogP contribution in [-0.4, -0.2) is 17.5 Å². The molecular formula is C19H28O2. The summed E-state index contributed by atoms with van der Waals surface area (Å²) in [5.41, 5.74) is -0.403. The van der Waals surface area contributed by atoms with Gasteiger partial charge in [-0.15, -0.1) is 0 Å². The lowest BCUT2D eigenvalue weighted by molar-refractivity contribution is -0.159. The summed E-state index contributed by atoms with van der Waals surface area (Å²) in [6.07, 6.45) is 12.9. The average Bonchev–Trinajstić information content (AvgIpc) is 3.13. The Kier molecular flexibility index (Phi) is 3.29. The minimum atomic E-state index is -0.403. The number of aliphatic hydroxyl groups is 1. The van der Waals surface area contributed by atoms with Crippen LogP contribution in [0.15, 0.2) is 12.2 Å². The van der Waals surface area contributed by atoms with Crippen molar-refractivity contribution in [1.29, 1.82) is 0 Å². The Morgan fingerprint density at radius 3 is 2.76 bits per heavy atom. The molecule has 0 aliphatic heterocycles. The number of carbonyl (C=O) groups excluding carboxylic acids is 1. The quantitative estimate of drug-likeness (QED) is 0.806. The summed E-state index contributed by atoms with van der Waals surface area (Å²) >= 11 is 0. The zero-order valence-corrected chi connectivity index (χ0v) is 13.1. The van der Waals surface area contributed by atoms with Gasteiger partial charge in [0.25, 0.3) is 0 Å². The largest absolute Gasteiger partial charge is 0.395 e. The first-order valence-electron chi connectivity index (χ1n) is 9.06. The summed E-state index contributed by atoms with van der Waals surface area (Å²) in [6.45, 7) is 2.25. The molecule has 7 atom stereocenters. The SMILES string of the molecule is CCC[C@@]1(CO)C(=O)[C@H]2[C@@H]([C@@H]3CCCCC31)[C@H]1C=C[C@@H]2C1. The van der Waals surface area contributed by atoms with Crippen LogP contribution < -0.4 is 0 Å². The van der Waals surface area contributed by atoms with Crippen molar-refractivity contribution >= 4 is 5.78 Å². The second kappa shape index (κ2) is 4.94. The third-order valence-electron chi connectivity index (χ3n) is 7.32. The maximum Gasteiger partial charge on any atom is 0.145 e. The lowest BCUT2D eigenvalue weighted by Gasteiger charge is -2.55. The van der Waals surface area contributed by atoms with Gasteiger partial charge in [-0.3, -0.25) is 4.79 Å². The number of hydrogen-bond acceptors (Lipinski definition) is 2. The first-order valence-corrected chi connectivity index (χ1v) is 9.06. The monoisotopic (exact) mass is 288 g/mol. The number of carbonyl (C=O) groups is 1. The van der Waals surface area contributed by atoms with E-state index < -0.39 is 5.41 Å². The minimum absolute atomic E-state index is 0.0885. The minimum Gasteiger partial charge on any atom is -0.395 e. The van der Waals surface area contributed by atoms with E-state index in [-0.39, 0.29) is 12.5 Å². The molecule has 1 unspecified atom stereocenters. The molecule has 3 fully saturated rings. The lowest BCUT2D eigenvalue weighted by Crippen LogP contribution is -2.58. The van der Waals surface area contributed by atoms with Gasteiger partial charge in [0.1, 0.15) is 5.78 Å². The summed E-state index contributed by atoms with van der Waals surface area (Å²) in [5, 5.41) is 10.2. The maximum atomic E-state index is 13.4. The van der Waals surface area contributed by atoms with Crippen molar-refractivity contribution in [3.63, 3.8) is 0 Å². The van der Waals surface area contributed by atoms with Crippen molar-refractivity contribution in [2.75, 3.05) is 6.61 Å². The molecule has 4 aliphatic rings. The molecule has 0 spiro atoms. The second-order valence-electron chi connectivity index (χ2n) is 8.03. The molecule has 4 aliphatic carbocycles. The van der Waals surface area contributed by atoms with Gasteiger partial charge < -0.3 is 5.11 Å². The Hall–Kier alpha value is -0.630. The number of rotatable bonds is 3. The smallest absolute Gasteiger partial charge is 0.145 e. The van der Waals surface area contributed by atoms with Crippen LogP contribution >= 0.6 is 0 Å². The van der Waals surface area contributed by atoms with Crippen LogP contribution in [0.3, 0.4) is 0 Å². The molecule has 21 heavy (non-hydrogen) atoms. The number of Topliss-reactive ketones (excluding diaryl/α,β-unsaturated/α-hetero) is 1. The Balaban J connectivity index is 1.78. The van der Waals surface area contributed by atoms with Gasteiger partial charge in [0.2, 0.25) is 0 Å². The van der Waals surface area contributed by atoms with E-state index in [2.05, 4.69) is 19.1 Å². The number of allylic oxidation sites excluding steroid dienone is 2. The molecule has 0 saturated heterocycles. The predicted octanol–water partition coefficient (Wildman–Crippen LogP) is 3.59. The van der Waals surface area contributed by atoms with E-state index in [0.717, 1.165) is 12.8 Å². The molecule has 2 bridgehead atoms. The summed E-state index contributed by atoms with van der Waals surface area (Å²) < 4.78 is 0. The third-order valence-corrected chi connectivity index (χ3v) is 7.32. The Morgan fingerprint density at radius 2 is 2.00 bits per heavy atom. The van der Waals surface area contributed by atoms with E-state index in [4.69, 9.17) is 0 Å². The van der Waals surface area contributed by atoms with Crippen LogP contribution in [0.1, 0.15) is 51.9 Å². The number of aliphatic hydroxyl groups excluding tert-OH is 1. The molecule has 1 N–H and O–H groups in total. The van der Waals surface area contributed by atoms with E-state index in [9.17, 15) is 9.90 Å². The summed E-state index contributed by atoms with van der Waals surface area (Å²) in [7, 11) is 0. The molecule has 4 rings (SSSR count). The molecular weight excluding hydrogens is 260 g/mol. The second-order valence-corrected chi connectivity index (χ2v) is 8.03. The van der Waals surface area contributed by atoms with Crippen molar-refractivity contribution in [1.82, 2.24) is 0 Å². The molecule has 0 amide bonds. The normalized spacial score (nSPS) is 51.0. The lowest BCUT2D eigenvalue weighted by atomic mass is 9.48. The van der Waals surface area contributed by atoms with Crippen LogP contribution in [0, 0.1) is 40.9 Å². The fraction of sp³-hybridized carbons (Fsp3) is 0.842. The fourth-order valence-electron chi connectivity index (χ4n) is 6.66. The molecule has 0 aromatic heterocycles. The van der Waals surface area contributed by atoms with Gasteiger partial charge in [0.15, 0.2) is 0 Å². The molecule has 0 radical (unpaired) electrons. The van der Waals surface area contributed by atoms with Gasteiger partial charge in [-0.05, 0) is 55.3 Å². The summed E-state index contributed by atoms with van der Waals surface area (Å²) in [6, 6.07) is 0. The Labute approximate surface area is 128 Å². The Bertz CT molecular complexity index is 468. The number of fused-ring (bicyclic) bond motifs is 7.